The van der Waals surface area contributed by atoms with Gasteiger partial charge in [-0.1, -0.05) is 13.3 Å². The summed E-state index contributed by atoms with van der Waals surface area (Å²) in [5, 5.41) is 6.41. The van der Waals surface area contributed by atoms with E-state index in [2.05, 4.69) is 27.5 Å². The minimum absolute atomic E-state index is 0.164. The summed E-state index contributed by atoms with van der Waals surface area (Å²) in [6, 6.07) is 0. The maximum Gasteiger partial charge on any atom is 0.134 e. The number of aromatic nitrogens is 2. The Bertz CT molecular complexity index is 343. The van der Waals surface area contributed by atoms with E-state index < -0.39 is 0 Å². The number of nitrogens with zero attached hydrogens (tertiary/aromatic N) is 2. The van der Waals surface area contributed by atoms with Crippen LogP contribution in [0.3, 0.4) is 0 Å². The van der Waals surface area contributed by atoms with E-state index in [1.165, 1.54) is 0 Å². The fourth-order valence-electron chi connectivity index (χ4n) is 1.59. The molecule has 0 radical (unpaired) electrons. The van der Waals surface area contributed by atoms with Crippen LogP contribution in [0.15, 0.2) is 6.33 Å². The molecule has 0 saturated heterocycles. The molecule has 5 heteroatoms. The first kappa shape index (κ1) is 13.7. The number of hydrogen-bond acceptors (Lipinski definition) is 5. The van der Waals surface area contributed by atoms with Crippen molar-refractivity contribution in [3.05, 3.63) is 11.9 Å². The van der Waals surface area contributed by atoms with Crippen LogP contribution in [0, 0.1) is 0 Å². The molecule has 1 atom stereocenters. The Hall–Kier alpha value is -1.36. The number of rotatable bonds is 7. The molecule has 0 bridgehead atoms. The van der Waals surface area contributed by atoms with Gasteiger partial charge in [-0.15, -0.1) is 0 Å². The second kappa shape index (κ2) is 7.06. The zero-order valence-electron chi connectivity index (χ0n) is 11.1. The lowest BCUT2D eigenvalue weighted by molar-refractivity contribution is 0.128. The minimum atomic E-state index is 0.164. The highest BCUT2D eigenvalue weighted by atomic mass is 16.5. The molecular formula is C12H22N4O. The molecule has 0 aromatic carbocycles. The van der Waals surface area contributed by atoms with Crippen molar-refractivity contribution in [1.29, 1.82) is 0 Å². The molecule has 0 amide bonds. The van der Waals surface area contributed by atoms with Crippen molar-refractivity contribution in [2.45, 2.75) is 32.8 Å². The molecular weight excluding hydrogens is 216 g/mol. The molecule has 0 aliphatic rings. The van der Waals surface area contributed by atoms with Gasteiger partial charge >= 0.3 is 0 Å². The highest BCUT2D eigenvalue weighted by Crippen LogP contribution is 2.21. The second-order valence-electron chi connectivity index (χ2n) is 3.98. The Morgan fingerprint density at radius 2 is 2.06 bits per heavy atom. The first-order valence-corrected chi connectivity index (χ1v) is 6.01. The molecule has 0 fully saturated rings. The molecule has 0 saturated carbocycles. The van der Waals surface area contributed by atoms with Crippen molar-refractivity contribution >= 4 is 11.6 Å². The molecule has 0 aliphatic carbocycles. The Morgan fingerprint density at radius 3 is 2.65 bits per heavy atom. The lowest BCUT2D eigenvalue weighted by Gasteiger charge is -2.15. The third kappa shape index (κ3) is 3.85. The number of ether oxygens (including phenoxy) is 1. The third-order valence-corrected chi connectivity index (χ3v) is 2.64. The van der Waals surface area contributed by atoms with Crippen molar-refractivity contribution in [3.8, 4) is 0 Å². The summed E-state index contributed by atoms with van der Waals surface area (Å²) < 4.78 is 5.21. The van der Waals surface area contributed by atoms with E-state index in [0.29, 0.717) is 0 Å². The molecule has 17 heavy (non-hydrogen) atoms. The van der Waals surface area contributed by atoms with Gasteiger partial charge in [0.05, 0.1) is 6.10 Å². The second-order valence-corrected chi connectivity index (χ2v) is 3.98. The first-order valence-electron chi connectivity index (χ1n) is 6.01. The van der Waals surface area contributed by atoms with E-state index >= 15 is 0 Å². The van der Waals surface area contributed by atoms with E-state index in [-0.39, 0.29) is 6.10 Å². The summed E-state index contributed by atoms with van der Waals surface area (Å²) in [7, 11) is 3.58. The highest BCUT2D eigenvalue weighted by molar-refractivity contribution is 5.57. The van der Waals surface area contributed by atoms with Crippen LogP contribution in [0.4, 0.5) is 11.6 Å². The SMILES string of the molecule is CCCc1c(NC)ncnc1NCC(C)OC. The summed E-state index contributed by atoms with van der Waals surface area (Å²) in [4.78, 5) is 8.52. The quantitative estimate of drug-likeness (QED) is 0.760. The normalized spacial score (nSPS) is 12.2. The van der Waals surface area contributed by atoms with E-state index in [4.69, 9.17) is 4.74 Å². The molecule has 0 spiro atoms. The van der Waals surface area contributed by atoms with Gasteiger partial charge < -0.3 is 15.4 Å². The number of hydrogen-bond donors (Lipinski definition) is 2. The average molecular weight is 238 g/mol. The molecule has 1 aromatic heterocycles. The van der Waals surface area contributed by atoms with Gasteiger partial charge in [0, 0.05) is 26.3 Å². The Balaban J connectivity index is 2.82. The molecule has 0 aliphatic heterocycles. The molecule has 5 nitrogen and oxygen atoms in total. The van der Waals surface area contributed by atoms with Crippen molar-refractivity contribution in [3.63, 3.8) is 0 Å². The first-order chi connectivity index (χ1) is 8.22. The Morgan fingerprint density at radius 1 is 1.35 bits per heavy atom. The maximum atomic E-state index is 5.21. The van der Waals surface area contributed by atoms with E-state index in [1.54, 1.807) is 13.4 Å². The average Bonchev–Trinajstić information content (AvgIpc) is 2.37. The lowest BCUT2D eigenvalue weighted by atomic mass is 10.1. The van der Waals surface area contributed by atoms with Crippen LogP contribution in [0.2, 0.25) is 0 Å². The zero-order chi connectivity index (χ0) is 12.7. The predicted molar refractivity (Wildman–Crippen MR) is 70.5 cm³/mol. The molecule has 1 rings (SSSR count). The minimum Gasteiger partial charge on any atom is -0.380 e. The summed E-state index contributed by atoms with van der Waals surface area (Å²) in [5.41, 5.74) is 1.14. The summed E-state index contributed by atoms with van der Waals surface area (Å²) >= 11 is 0. The van der Waals surface area contributed by atoms with E-state index in [1.807, 2.05) is 14.0 Å². The highest BCUT2D eigenvalue weighted by Gasteiger charge is 2.10. The fraction of sp³-hybridized carbons (Fsp3) is 0.667. The van der Waals surface area contributed by atoms with Crippen LogP contribution in [0.25, 0.3) is 0 Å². The van der Waals surface area contributed by atoms with E-state index in [0.717, 1.165) is 36.6 Å². The summed E-state index contributed by atoms with van der Waals surface area (Å²) in [6.07, 6.45) is 3.76. The molecule has 2 N–H and O–H groups in total. The van der Waals surface area contributed by atoms with Gasteiger partial charge in [-0.05, 0) is 13.3 Å². The summed E-state index contributed by atoms with van der Waals surface area (Å²) in [5.74, 6) is 1.80. The topological polar surface area (TPSA) is 59.1 Å². The summed E-state index contributed by atoms with van der Waals surface area (Å²) in [6.45, 7) is 4.91. The van der Waals surface area contributed by atoms with Gasteiger partial charge in [0.15, 0.2) is 0 Å². The molecule has 1 aromatic rings. The fourth-order valence-corrected chi connectivity index (χ4v) is 1.59. The monoisotopic (exact) mass is 238 g/mol. The van der Waals surface area contributed by atoms with Gasteiger partial charge in [0.25, 0.3) is 0 Å². The van der Waals surface area contributed by atoms with Crippen molar-refractivity contribution in [1.82, 2.24) is 9.97 Å². The van der Waals surface area contributed by atoms with Crippen LogP contribution in [-0.2, 0) is 11.2 Å². The predicted octanol–water partition coefficient (Wildman–Crippen LogP) is 1.92. The standard InChI is InChI=1S/C12H22N4O/c1-5-6-10-11(13-3)15-8-16-12(10)14-7-9(2)17-4/h8-9H,5-7H2,1-4H3,(H2,13,14,15,16). The molecule has 96 valence electrons. The zero-order valence-corrected chi connectivity index (χ0v) is 11.1. The third-order valence-electron chi connectivity index (χ3n) is 2.64. The van der Waals surface area contributed by atoms with Crippen LogP contribution in [-0.4, -0.2) is 36.8 Å². The van der Waals surface area contributed by atoms with Crippen LogP contribution in [0.1, 0.15) is 25.8 Å². The van der Waals surface area contributed by atoms with Gasteiger partial charge in [0.1, 0.15) is 18.0 Å². The van der Waals surface area contributed by atoms with Gasteiger partial charge in [-0.25, -0.2) is 9.97 Å². The van der Waals surface area contributed by atoms with Crippen molar-refractivity contribution in [2.75, 3.05) is 31.3 Å². The van der Waals surface area contributed by atoms with Crippen LogP contribution in [0.5, 0.6) is 0 Å². The molecule has 1 unspecified atom stereocenters. The van der Waals surface area contributed by atoms with Crippen LogP contribution < -0.4 is 10.6 Å². The van der Waals surface area contributed by atoms with Crippen LogP contribution >= 0.6 is 0 Å². The number of anilines is 2. The van der Waals surface area contributed by atoms with E-state index in [9.17, 15) is 0 Å². The van der Waals surface area contributed by atoms with Gasteiger partial charge in [0.2, 0.25) is 0 Å². The largest absolute Gasteiger partial charge is 0.380 e. The maximum absolute atomic E-state index is 5.21. The smallest absolute Gasteiger partial charge is 0.134 e. The Kier molecular flexibility index (Phi) is 5.69. The lowest BCUT2D eigenvalue weighted by Crippen LogP contribution is -2.20. The number of methoxy groups -OCH3 is 1. The van der Waals surface area contributed by atoms with Crippen molar-refractivity contribution in [2.24, 2.45) is 0 Å². The van der Waals surface area contributed by atoms with Crippen molar-refractivity contribution < 1.29 is 4.74 Å². The molecule has 1 heterocycles. The van der Waals surface area contributed by atoms with Gasteiger partial charge in [-0.3, -0.25) is 0 Å². The van der Waals surface area contributed by atoms with Gasteiger partial charge in [-0.2, -0.15) is 0 Å². The Labute approximate surface area is 103 Å². The number of nitrogens with one attached hydrogen (secondary N) is 2.